The molecule has 7 heteroatoms. The number of halogens is 1. The van der Waals surface area contributed by atoms with Gasteiger partial charge < -0.3 is 20.1 Å². The number of amides is 2. The lowest BCUT2D eigenvalue weighted by Crippen LogP contribution is -2.30. The Morgan fingerprint density at radius 1 is 1.08 bits per heavy atom. The van der Waals surface area contributed by atoms with Crippen LogP contribution in [0.25, 0.3) is 0 Å². The molecule has 2 rings (SSSR count). The maximum absolute atomic E-state index is 12.9. The second-order valence-electron chi connectivity index (χ2n) is 5.30. The van der Waals surface area contributed by atoms with Crippen LogP contribution in [0, 0.1) is 5.82 Å². The van der Waals surface area contributed by atoms with Crippen molar-refractivity contribution in [2.75, 3.05) is 17.7 Å². The van der Waals surface area contributed by atoms with Gasteiger partial charge in [-0.2, -0.15) is 0 Å². The Morgan fingerprint density at radius 2 is 1.76 bits per heavy atom. The van der Waals surface area contributed by atoms with E-state index in [2.05, 4.69) is 10.6 Å². The molecule has 0 heterocycles. The highest BCUT2D eigenvalue weighted by Gasteiger charge is 2.17. The number of hydrogen-bond donors (Lipinski definition) is 2. The van der Waals surface area contributed by atoms with Gasteiger partial charge in [0.15, 0.2) is 6.10 Å². The zero-order chi connectivity index (χ0) is 18.4. The molecule has 2 aromatic carbocycles. The van der Waals surface area contributed by atoms with E-state index in [1.807, 2.05) is 0 Å². The zero-order valence-electron chi connectivity index (χ0n) is 14.1. The third kappa shape index (κ3) is 5.20. The number of carbonyl (C=O) groups excluding carboxylic acids is 2. The van der Waals surface area contributed by atoms with E-state index in [1.165, 1.54) is 38.3 Å². The minimum atomic E-state index is -0.820. The fraction of sp³-hybridized carbons (Fsp3) is 0.222. The molecule has 0 aliphatic carbocycles. The molecular weight excluding hydrogens is 327 g/mol. The minimum Gasteiger partial charge on any atom is -0.495 e. The van der Waals surface area contributed by atoms with E-state index in [4.69, 9.17) is 9.47 Å². The highest BCUT2D eigenvalue weighted by molar-refractivity contribution is 5.97. The smallest absolute Gasteiger partial charge is 0.265 e. The third-order valence-electron chi connectivity index (χ3n) is 3.27. The summed E-state index contributed by atoms with van der Waals surface area (Å²) < 4.78 is 23.6. The highest BCUT2D eigenvalue weighted by Crippen LogP contribution is 2.28. The van der Waals surface area contributed by atoms with Crippen LogP contribution < -0.4 is 20.1 Å². The van der Waals surface area contributed by atoms with Crippen molar-refractivity contribution in [1.29, 1.82) is 0 Å². The zero-order valence-corrected chi connectivity index (χ0v) is 14.1. The van der Waals surface area contributed by atoms with Gasteiger partial charge in [-0.3, -0.25) is 9.59 Å². The van der Waals surface area contributed by atoms with Crippen molar-refractivity contribution >= 4 is 23.2 Å². The Labute approximate surface area is 144 Å². The summed E-state index contributed by atoms with van der Waals surface area (Å²) >= 11 is 0. The first-order valence-corrected chi connectivity index (χ1v) is 7.57. The van der Waals surface area contributed by atoms with E-state index in [-0.39, 0.29) is 11.7 Å². The fourth-order valence-corrected chi connectivity index (χ4v) is 2.09. The Morgan fingerprint density at radius 3 is 2.36 bits per heavy atom. The van der Waals surface area contributed by atoms with Crippen LogP contribution in [-0.2, 0) is 9.59 Å². The predicted molar refractivity (Wildman–Crippen MR) is 92.4 cm³/mol. The summed E-state index contributed by atoms with van der Waals surface area (Å²) in [6.07, 6.45) is -0.820. The van der Waals surface area contributed by atoms with Gasteiger partial charge in [0, 0.05) is 12.6 Å². The van der Waals surface area contributed by atoms with Gasteiger partial charge in [-0.1, -0.05) is 0 Å². The van der Waals surface area contributed by atoms with Gasteiger partial charge >= 0.3 is 0 Å². The summed E-state index contributed by atoms with van der Waals surface area (Å²) in [5.74, 6) is -0.207. The van der Waals surface area contributed by atoms with Crippen molar-refractivity contribution in [3.63, 3.8) is 0 Å². The summed E-state index contributed by atoms with van der Waals surface area (Å²) in [5, 5.41) is 5.32. The lowest BCUT2D eigenvalue weighted by Gasteiger charge is -2.17. The van der Waals surface area contributed by atoms with Crippen LogP contribution in [0.15, 0.2) is 42.5 Å². The molecule has 2 amide bonds. The maximum Gasteiger partial charge on any atom is 0.265 e. The van der Waals surface area contributed by atoms with Crippen LogP contribution in [0.5, 0.6) is 11.5 Å². The predicted octanol–water partition coefficient (Wildman–Crippen LogP) is 3.20. The average Bonchev–Trinajstić information content (AvgIpc) is 2.56. The number of rotatable bonds is 6. The van der Waals surface area contributed by atoms with Crippen LogP contribution in [0.3, 0.4) is 0 Å². The molecule has 1 unspecified atom stereocenters. The Balaban J connectivity index is 2.09. The molecule has 0 radical (unpaired) electrons. The Bertz CT molecular complexity index is 762. The Hall–Kier alpha value is -3.09. The van der Waals surface area contributed by atoms with E-state index in [1.54, 1.807) is 25.1 Å². The number of methoxy groups -OCH3 is 1. The Kier molecular flexibility index (Phi) is 5.94. The number of ether oxygens (including phenoxy) is 2. The molecule has 0 bridgehead atoms. The lowest BCUT2D eigenvalue weighted by atomic mass is 10.2. The molecule has 6 nitrogen and oxygen atoms in total. The molecule has 0 saturated heterocycles. The largest absolute Gasteiger partial charge is 0.495 e. The summed E-state index contributed by atoms with van der Waals surface area (Å²) in [6.45, 7) is 2.96. The van der Waals surface area contributed by atoms with E-state index in [9.17, 15) is 14.0 Å². The molecule has 25 heavy (non-hydrogen) atoms. The van der Waals surface area contributed by atoms with Gasteiger partial charge in [0.2, 0.25) is 5.91 Å². The molecule has 0 spiro atoms. The van der Waals surface area contributed by atoms with Crippen molar-refractivity contribution in [2.24, 2.45) is 0 Å². The van der Waals surface area contributed by atoms with E-state index in [0.29, 0.717) is 22.9 Å². The number of hydrogen-bond acceptors (Lipinski definition) is 4. The standard InChI is InChI=1S/C18H19FN2O4/c1-11(25-15-7-4-13(19)5-8-15)18(23)21-16-10-14(20-12(2)22)6-9-17(16)24-3/h4-11H,1-3H3,(H,20,22)(H,21,23). The molecule has 132 valence electrons. The molecule has 0 aromatic heterocycles. The lowest BCUT2D eigenvalue weighted by molar-refractivity contribution is -0.122. The monoisotopic (exact) mass is 346 g/mol. The second kappa shape index (κ2) is 8.14. The van der Waals surface area contributed by atoms with Crippen molar-refractivity contribution in [2.45, 2.75) is 20.0 Å². The van der Waals surface area contributed by atoms with Gasteiger partial charge in [0.05, 0.1) is 12.8 Å². The number of benzene rings is 2. The van der Waals surface area contributed by atoms with Crippen molar-refractivity contribution in [3.05, 3.63) is 48.3 Å². The second-order valence-corrected chi connectivity index (χ2v) is 5.30. The van der Waals surface area contributed by atoms with Crippen molar-refractivity contribution in [3.8, 4) is 11.5 Å². The third-order valence-corrected chi connectivity index (χ3v) is 3.27. The maximum atomic E-state index is 12.9. The van der Waals surface area contributed by atoms with E-state index >= 15 is 0 Å². The number of carbonyl (C=O) groups is 2. The highest BCUT2D eigenvalue weighted by atomic mass is 19.1. The van der Waals surface area contributed by atoms with Crippen LogP contribution in [0.1, 0.15) is 13.8 Å². The molecule has 2 aromatic rings. The van der Waals surface area contributed by atoms with E-state index in [0.717, 1.165) is 0 Å². The van der Waals surface area contributed by atoms with Gasteiger partial charge in [0.25, 0.3) is 5.91 Å². The average molecular weight is 346 g/mol. The summed E-state index contributed by atoms with van der Waals surface area (Å²) in [7, 11) is 1.47. The van der Waals surface area contributed by atoms with Crippen LogP contribution in [0.4, 0.5) is 15.8 Å². The number of anilines is 2. The summed E-state index contributed by atoms with van der Waals surface area (Å²) in [6, 6.07) is 10.3. The molecule has 0 aliphatic rings. The summed E-state index contributed by atoms with van der Waals surface area (Å²) in [4.78, 5) is 23.5. The summed E-state index contributed by atoms with van der Waals surface area (Å²) in [5.41, 5.74) is 0.920. The first-order valence-electron chi connectivity index (χ1n) is 7.57. The molecule has 2 N–H and O–H groups in total. The molecule has 0 aliphatic heterocycles. The molecule has 0 fully saturated rings. The van der Waals surface area contributed by atoms with Gasteiger partial charge in [-0.15, -0.1) is 0 Å². The molecule has 0 saturated carbocycles. The molecular formula is C18H19FN2O4. The quantitative estimate of drug-likeness (QED) is 0.842. The van der Waals surface area contributed by atoms with Crippen LogP contribution in [-0.4, -0.2) is 25.0 Å². The van der Waals surface area contributed by atoms with Crippen LogP contribution in [0.2, 0.25) is 0 Å². The van der Waals surface area contributed by atoms with Crippen molar-refractivity contribution < 1.29 is 23.5 Å². The fourth-order valence-electron chi connectivity index (χ4n) is 2.09. The van der Waals surface area contributed by atoms with E-state index < -0.39 is 12.0 Å². The molecule has 1 atom stereocenters. The SMILES string of the molecule is COc1ccc(NC(C)=O)cc1NC(=O)C(C)Oc1ccc(F)cc1. The first kappa shape index (κ1) is 18.3. The topological polar surface area (TPSA) is 76.7 Å². The van der Waals surface area contributed by atoms with Crippen LogP contribution >= 0.6 is 0 Å². The first-order chi connectivity index (χ1) is 11.9. The van der Waals surface area contributed by atoms with Gasteiger partial charge in [-0.05, 0) is 49.4 Å². The normalized spacial score (nSPS) is 11.4. The van der Waals surface area contributed by atoms with Gasteiger partial charge in [0.1, 0.15) is 17.3 Å². The van der Waals surface area contributed by atoms with Gasteiger partial charge in [-0.25, -0.2) is 4.39 Å². The van der Waals surface area contributed by atoms with Crippen molar-refractivity contribution in [1.82, 2.24) is 0 Å². The minimum absolute atomic E-state index is 0.226. The number of nitrogens with one attached hydrogen (secondary N) is 2.